The third-order valence-corrected chi connectivity index (χ3v) is 9.30. The molecule has 3 rings (SSSR count). The highest BCUT2D eigenvalue weighted by Crippen LogP contribution is 2.52. The van der Waals surface area contributed by atoms with Crippen LogP contribution in [0.3, 0.4) is 0 Å². The monoisotopic (exact) mass is 398 g/mol. The number of hydrogen-bond acceptors (Lipinski definition) is 2. The predicted molar refractivity (Wildman–Crippen MR) is 123 cm³/mol. The minimum Gasteiger partial charge on any atom is -0.496 e. The van der Waals surface area contributed by atoms with Crippen molar-refractivity contribution in [1.29, 1.82) is 0 Å². The van der Waals surface area contributed by atoms with Gasteiger partial charge in [0.15, 0.2) is 0 Å². The molecule has 1 aliphatic rings. The maximum absolute atomic E-state index is 5.64. The van der Waals surface area contributed by atoms with Crippen molar-refractivity contribution in [2.24, 2.45) is 5.92 Å². The van der Waals surface area contributed by atoms with Gasteiger partial charge in [-0.25, -0.2) is 0 Å². The van der Waals surface area contributed by atoms with E-state index < -0.39 is 7.92 Å². The standard InChI is InChI=1S/C25H35O2P/c1-8-20-10-9-11-23(20)28(21-12-16(2)24(26-6)17(3)13-21)22-14-18(4)25(27-7)19(5)15-22/h12-15,20,23H,8-11H2,1-7H3. The van der Waals surface area contributed by atoms with Crippen molar-refractivity contribution in [3.05, 3.63) is 46.5 Å². The van der Waals surface area contributed by atoms with E-state index in [9.17, 15) is 0 Å². The van der Waals surface area contributed by atoms with E-state index in [1.807, 2.05) is 0 Å². The van der Waals surface area contributed by atoms with Crippen molar-refractivity contribution in [2.45, 2.75) is 66.0 Å². The van der Waals surface area contributed by atoms with Gasteiger partial charge in [-0.1, -0.05) is 19.8 Å². The Bertz CT molecular complexity index is 737. The number of rotatable bonds is 6. The highest BCUT2D eigenvalue weighted by molar-refractivity contribution is 7.73. The number of ether oxygens (including phenoxy) is 2. The third kappa shape index (κ3) is 3.94. The van der Waals surface area contributed by atoms with Crippen LogP contribution in [0, 0.1) is 33.6 Å². The summed E-state index contributed by atoms with van der Waals surface area (Å²) >= 11 is 0. The van der Waals surface area contributed by atoms with E-state index in [0.717, 1.165) is 23.1 Å². The summed E-state index contributed by atoms with van der Waals surface area (Å²) in [7, 11) is 3.14. The molecule has 2 unspecified atom stereocenters. The first-order valence-electron chi connectivity index (χ1n) is 10.5. The van der Waals surface area contributed by atoms with Gasteiger partial charge in [0.05, 0.1) is 14.2 Å². The average molecular weight is 399 g/mol. The van der Waals surface area contributed by atoms with Crippen LogP contribution in [0.5, 0.6) is 11.5 Å². The fourth-order valence-corrected chi connectivity index (χ4v) is 8.76. The Labute approximate surface area is 172 Å². The number of hydrogen-bond donors (Lipinski definition) is 0. The molecule has 2 aromatic carbocycles. The number of methoxy groups -OCH3 is 2. The second-order valence-electron chi connectivity index (χ2n) is 8.26. The van der Waals surface area contributed by atoms with Gasteiger partial charge in [-0.3, -0.25) is 0 Å². The highest BCUT2D eigenvalue weighted by atomic mass is 31.1. The molecule has 0 spiro atoms. The molecule has 0 radical (unpaired) electrons. The van der Waals surface area contributed by atoms with Crippen LogP contribution in [-0.4, -0.2) is 19.9 Å². The summed E-state index contributed by atoms with van der Waals surface area (Å²) in [5.74, 6) is 2.88. The lowest BCUT2D eigenvalue weighted by Crippen LogP contribution is -2.25. The molecule has 0 heterocycles. The van der Waals surface area contributed by atoms with E-state index in [0.29, 0.717) is 0 Å². The zero-order valence-electron chi connectivity index (χ0n) is 18.6. The second kappa shape index (κ2) is 8.87. The highest BCUT2D eigenvalue weighted by Gasteiger charge is 2.35. The van der Waals surface area contributed by atoms with Crippen LogP contribution in [0.4, 0.5) is 0 Å². The normalized spacial score (nSPS) is 19.3. The fraction of sp³-hybridized carbons (Fsp3) is 0.520. The third-order valence-electron chi connectivity index (χ3n) is 6.33. The van der Waals surface area contributed by atoms with Gasteiger partial charge in [0, 0.05) is 0 Å². The topological polar surface area (TPSA) is 18.5 Å². The summed E-state index contributed by atoms with van der Waals surface area (Å²) < 4.78 is 11.3. The molecule has 3 heteroatoms. The summed E-state index contributed by atoms with van der Waals surface area (Å²) in [5, 5.41) is 3.00. The van der Waals surface area contributed by atoms with E-state index in [2.05, 4.69) is 58.9 Å². The molecule has 0 aromatic heterocycles. The Balaban J connectivity index is 2.17. The lowest BCUT2D eigenvalue weighted by atomic mass is 10.1. The van der Waals surface area contributed by atoms with Crippen LogP contribution in [0.15, 0.2) is 24.3 Å². The maximum Gasteiger partial charge on any atom is 0.124 e. The number of aryl methyl sites for hydroxylation is 4. The molecule has 2 aromatic rings. The van der Waals surface area contributed by atoms with Crippen molar-refractivity contribution in [3.8, 4) is 11.5 Å². The Hall–Kier alpha value is -1.53. The second-order valence-corrected chi connectivity index (χ2v) is 10.7. The molecule has 0 aliphatic heterocycles. The van der Waals surface area contributed by atoms with Gasteiger partial charge < -0.3 is 9.47 Å². The first-order chi connectivity index (χ1) is 13.4. The van der Waals surface area contributed by atoms with Crippen molar-refractivity contribution < 1.29 is 9.47 Å². The first-order valence-corrected chi connectivity index (χ1v) is 11.9. The van der Waals surface area contributed by atoms with Crippen molar-refractivity contribution in [1.82, 2.24) is 0 Å². The van der Waals surface area contributed by atoms with Gasteiger partial charge >= 0.3 is 0 Å². The Kier molecular flexibility index (Phi) is 6.71. The zero-order valence-corrected chi connectivity index (χ0v) is 19.5. The fourth-order valence-electron chi connectivity index (χ4n) is 5.14. The minimum absolute atomic E-state index is 0.408. The molecular weight excluding hydrogens is 363 g/mol. The van der Waals surface area contributed by atoms with Crippen molar-refractivity contribution in [3.63, 3.8) is 0 Å². The van der Waals surface area contributed by atoms with E-state index in [1.165, 1.54) is 58.5 Å². The zero-order chi connectivity index (χ0) is 20.4. The molecular formula is C25H35O2P. The van der Waals surface area contributed by atoms with E-state index in [4.69, 9.17) is 9.47 Å². The molecule has 152 valence electrons. The van der Waals surface area contributed by atoms with E-state index in [-0.39, 0.29) is 0 Å². The minimum atomic E-state index is -0.408. The molecule has 2 nitrogen and oxygen atoms in total. The van der Waals surface area contributed by atoms with Crippen LogP contribution < -0.4 is 20.1 Å². The van der Waals surface area contributed by atoms with Crippen molar-refractivity contribution in [2.75, 3.05) is 14.2 Å². The van der Waals surface area contributed by atoms with E-state index in [1.54, 1.807) is 14.2 Å². The van der Waals surface area contributed by atoms with Crippen LogP contribution in [0.1, 0.15) is 54.9 Å². The molecule has 0 N–H and O–H groups in total. The molecule has 28 heavy (non-hydrogen) atoms. The van der Waals surface area contributed by atoms with Crippen LogP contribution in [0.25, 0.3) is 0 Å². The quantitative estimate of drug-likeness (QED) is 0.560. The maximum atomic E-state index is 5.64. The average Bonchev–Trinajstić information content (AvgIpc) is 3.10. The first kappa shape index (κ1) is 21.2. The largest absolute Gasteiger partial charge is 0.496 e. The summed E-state index contributed by atoms with van der Waals surface area (Å²) in [6.07, 6.45) is 5.37. The predicted octanol–water partition coefficient (Wildman–Crippen LogP) is 5.95. The molecule has 0 amide bonds. The lowest BCUT2D eigenvalue weighted by molar-refractivity contribution is 0.408. The Morgan fingerprint density at radius 1 is 0.786 bits per heavy atom. The van der Waals surface area contributed by atoms with Gasteiger partial charge in [0.1, 0.15) is 11.5 Å². The van der Waals surface area contributed by atoms with Crippen molar-refractivity contribution >= 4 is 18.5 Å². The summed E-state index contributed by atoms with van der Waals surface area (Å²) in [6, 6.07) is 9.55. The van der Waals surface area contributed by atoms with Gasteiger partial charge in [-0.05, 0) is 117 Å². The molecule has 2 atom stereocenters. The summed E-state index contributed by atoms with van der Waals surface area (Å²) in [6.45, 7) is 11.1. The van der Waals surface area contributed by atoms with Gasteiger partial charge in [0.25, 0.3) is 0 Å². The Morgan fingerprint density at radius 2 is 1.21 bits per heavy atom. The molecule has 1 fully saturated rings. The molecule has 1 aliphatic carbocycles. The summed E-state index contributed by atoms with van der Waals surface area (Å²) in [4.78, 5) is 0. The van der Waals surface area contributed by atoms with Crippen LogP contribution in [0.2, 0.25) is 0 Å². The molecule has 1 saturated carbocycles. The lowest BCUT2D eigenvalue weighted by Gasteiger charge is -2.31. The number of benzene rings is 2. The molecule has 0 bridgehead atoms. The smallest absolute Gasteiger partial charge is 0.124 e. The van der Waals surface area contributed by atoms with Crippen LogP contribution >= 0.6 is 7.92 Å². The SMILES string of the molecule is CCC1CCCC1P(c1cc(C)c(OC)c(C)c1)c1cc(C)c(OC)c(C)c1. The summed E-state index contributed by atoms with van der Waals surface area (Å²) in [5.41, 5.74) is 5.76. The van der Waals surface area contributed by atoms with Crippen LogP contribution in [-0.2, 0) is 0 Å². The van der Waals surface area contributed by atoms with Gasteiger partial charge in [-0.2, -0.15) is 0 Å². The van der Waals surface area contributed by atoms with Gasteiger partial charge in [-0.15, -0.1) is 0 Å². The molecule has 0 saturated heterocycles. The van der Waals surface area contributed by atoms with E-state index >= 15 is 0 Å². The van der Waals surface area contributed by atoms with Gasteiger partial charge in [0.2, 0.25) is 0 Å². The Morgan fingerprint density at radius 3 is 1.57 bits per heavy atom.